The molecule has 108 valence electrons. The van der Waals surface area contributed by atoms with Crippen LogP contribution >= 0.6 is 0 Å². The van der Waals surface area contributed by atoms with Crippen LogP contribution in [0.4, 0.5) is 0 Å². The summed E-state index contributed by atoms with van der Waals surface area (Å²) in [4.78, 5) is 4.75. The number of hydrogen-bond donors (Lipinski definition) is 0. The second-order valence-electron chi connectivity index (χ2n) is 5.66. The highest BCUT2D eigenvalue weighted by Crippen LogP contribution is 2.29. The zero-order valence-electron chi connectivity index (χ0n) is 12.7. The van der Waals surface area contributed by atoms with Gasteiger partial charge in [-0.3, -0.25) is 4.99 Å². The Morgan fingerprint density at radius 3 is 2.59 bits per heavy atom. The van der Waals surface area contributed by atoms with Crippen LogP contribution in [-0.2, 0) is 13.5 Å². The van der Waals surface area contributed by atoms with E-state index in [4.69, 9.17) is 4.99 Å². The zero-order valence-corrected chi connectivity index (χ0v) is 12.7. The van der Waals surface area contributed by atoms with Gasteiger partial charge in [-0.05, 0) is 29.7 Å². The second kappa shape index (κ2) is 5.30. The quantitative estimate of drug-likeness (QED) is 0.670. The Morgan fingerprint density at radius 2 is 1.73 bits per heavy atom. The predicted molar refractivity (Wildman–Crippen MR) is 93.5 cm³/mol. The van der Waals surface area contributed by atoms with E-state index in [2.05, 4.69) is 72.3 Å². The van der Waals surface area contributed by atoms with Crippen molar-refractivity contribution < 1.29 is 0 Å². The van der Waals surface area contributed by atoms with Crippen LogP contribution in [0.15, 0.2) is 65.7 Å². The molecule has 0 saturated heterocycles. The van der Waals surface area contributed by atoms with Crippen LogP contribution in [0.2, 0.25) is 0 Å². The monoisotopic (exact) mass is 286 g/mol. The van der Waals surface area contributed by atoms with Crippen molar-refractivity contribution in [2.24, 2.45) is 12.0 Å². The van der Waals surface area contributed by atoms with Gasteiger partial charge in [0.2, 0.25) is 0 Å². The first-order chi connectivity index (χ1) is 10.8. The van der Waals surface area contributed by atoms with Gasteiger partial charge in [0.25, 0.3) is 0 Å². The molecule has 0 N–H and O–H groups in total. The smallest absolute Gasteiger partial charge is 0.0814 e. The van der Waals surface area contributed by atoms with Crippen LogP contribution in [0.3, 0.4) is 0 Å². The summed E-state index contributed by atoms with van der Waals surface area (Å²) >= 11 is 0. The average molecular weight is 286 g/mol. The molecule has 2 heterocycles. The van der Waals surface area contributed by atoms with E-state index >= 15 is 0 Å². The first-order valence-corrected chi connectivity index (χ1v) is 7.69. The van der Waals surface area contributed by atoms with Gasteiger partial charge in [0.05, 0.1) is 11.4 Å². The Labute approximate surface area is 130 Å². The standard InChI is InChI=1S/C20H18N2/c1-22-19-10-6-5-9-16(19)17-13-14-21-18(20(17)22)12-11-15-7-3-2-4-8-15/h2-12H,13-14H2,1H3/b12-11+. The fourth-order valence-corrected chi connectivity index (χ4v) is 3.29. The van der Waals surface area contributed by atoms with Crippen molar-refractivity contribution in [1.29, 1.82) is 0 Å². The molecule has 0 radical (unpaired) electrons. The molecule has 3 aromatic rings. The maximum atomic E-state index is 4.75. The lowest BCUT2D eigenvalue weighted by Gasteiger charge is -2.13. The van der Waals surface area contributed by atoms with Crippen molar-refractivity contribution in [2.75, 3.05) is 6.54 Å². The number of aliphatic imine (C=N–C) groups is 1. The van der Waals surface area contributed by atoms with Crippen LogP contribution in [0.25, 0.3) is 17.0 Å². The highest BCUT2D eigenvalue weighted by Gasteiger charge is 2.20. The summed E-state index contributed by atoms with van der Waals surface area (Å²) in [6.45, 7) is 0.871. The fourth-order valence-electron chi connectivity index (χ4n) is 3.29. The number of fused-ring (bicyclic) bond motifs is 3. The van der Waals surface area contributed by atoms with E-state index in [0.717, 1.165) is 18.7 Å². The van der Waals surface area contributed by atoms with Gasteiger partial charge in [0.1, 0.15) is 0 Å². The molecule has 0 amide bonds. The van der Waals surface area contributed by atoms with Gasteiger partial charge in [0.15, 0.2) is 0 Å². The molecule has 0 unspecified atom stereocenters. The number of allylic oxidation sites excluding steroid dienone is 1. The van der Waals surface area contributed by atoms with Gasteiger partial charge >= 0.3 is 0 Å². The van der Waals surface area contributed by atoms with E-state index in [-0.39, 0.29) is 0 Å². The molecule has 2 aromatic carbocycles. The normalized spacial score (nSPS) is 14.3. The maximum Gasteiger partial charge on any atom is 0.0814 e. The molecular weight excluding hydrogens is 268 g/mol. The highest BCUT2D eigenvalue weighted by molar-refractivity contribution is 6.14. The van der Waals surface area contributed by atoms with Gasteiger partial charge in [-0.1, -0.05) is 54.6 Å². The lowest BCUT2D eigenvalue weighted by atomic mass is 10.0. The summed E-state index contributed by atoms with van der Waals surface area (Å²) in [6, 6.07) is 19.0. The van der Waals surface area contributed by atoms with E-state index < -0.39 is 0 Å². The van der Waals surface area contributed by atoms with Gasteiger partial charge in [-0.2, -0.15) is 0 Å². The molecule has 0 atom stereocenters. The van der Waals surface area contributed by atoms with Crippen molar-refractivity contribution >= 4 is 22.7 Å². The van der Waals surface area contributed by atoms with Crippen molar-refractivity contribution in [2.45, 2.75) is 6.42 Å². The molecule has 2 heteroatoms. The first kappa shape index (κ1) is 13.1. The van der Waals surface area contributed by atoms with Crippen molar-refractivity contribution in [3.05, 3.63) is 77.5 Å². The lowest BCUT2D eigenvalue weighted by molar-refractivity contribution is 0.890. The Bertz CT molecular complexity index is 883. The molecule has 4 rings (SSSR count). The number of para-hydroxylation sites is 1. The average Bonchev–Trinajstić information content (AvgIpc) is 2.88. The minimum Gasteiger partial charge on any atom is -0.342 e. The molecule has 0 saturated carbocycles. The minimum absolute atomic E-state index is 0.871. The third-order valence-electron chi connectivity index (χ3n) is 4.33. The summed E-state index contributed by atoms with van der Waals surface area (Å²) < 4.78 is 2.28. The highest BCUT2D eigenvalue weighted by atomic mass is 15.0. The minimum atomic E-state index is 0.871. The van der Waals surface area contributed by atoms with Crippen LogP contribution in [0, 0.1) is 0 Å². The largest absolute Gasteiger partial charge is 0.342 e. The predicted octanol–water partition coefficient (Wildman–Crippen LogP) is 4.24. The molecular formula is C20H18N2. The lowest BCUT2D eigenvalue weighted by Crippen LogP contribution is -2.13. The second-order valence-corrected chi connectivity index (χ2v) is 5.66. The maximum absolute atomic E-state index is 4.75. The number of benzene rings is 2. The zero-order chi connectivity index (χ0) is 14.9. The first-order valence-electron chi connectivity index (χ1n) is 7.69. The van der Waals surface area contributed by atoms with Gasteiger partial charge in [-0.25, -0.2) is 0 Å². The molecule has 1 aliphatic rings. The Balaban J connectivity index is 1.81. The molecule has 0 aliphatic carbocycles. The molecule has 2 nitrogen and oxygen atoms in total. The molecule has 1 aliphatic heterocycles. The van der Waals surface area contributed by atoms with Crippen molar-refractivity contribution in [3.63, 3.8) is 0 Å². The fraction of sp³-hybridized carbons (Fsp3) is 0.150. The SMILES string of the molecule is Cn1c2c(c3ccccc31)CCN=C2/C=C/c1ccccc1. The van der Waals surface area contributed by atoms with Gasteiger partial charge in [0, 0.05) is 24.5 Å². The summed E-state index contributed by atoms with van der Waals surface area (Å²) in [5, 5.41) is 1.36. The van der Waals surface area contributed by atoms with E-state index in [1.807, 2.05) is 6.07 Å². The summed E-state index contributed by atoms with van der Waals surface area (Å²) in [6.07, 6.45) is 5.32. The summed E-state index contributed by atoms with van der Waals surface area (Å²) in [5.41, 5.74) is 6.27. The summed E-state index contributed by atoms with van der Waals surface area (Å²) in [5.74, 6) is 0. The van der Waals surface area contributed by atoms with Gasteiger partial charge < -0.3 is 4.57 Å². The van der Waals surface area contributed by atoms with E-state index in [1.165, 1.54) is 27.7 Å². The Kier molecular flexibility index (Phi) is 3.15. The third-order valence-corrected chi connectivity index (χ3v) is 4.33. The number of hydrogen-bond acceptors (Lipinski definition) is 1. The van der Waals surface area contributed by atoms with E-state index in [0.29, 0.717) is 0 Å². The molecule has 0 bridgehead atoms. The van der Waals surface area contributed by atoms with Crippen LogP contribution in [0.5, 0.6) is 0 Å². The molecule has 1 aromatic heterocycles. The number of nitrogens with zero attached hydrogens (tertiary/aromatic N) is 2. The molecule has 0 spiro atoms. The third kappa shape index (κ3) is 2.08. The van der Waals surface area contributed by atoms with E-state index in [9.17, 15) is 0 Å². The van der Waals surface area contributed by atoms with E-state index in [1.54, 1.807) is 0 Å². The molecule has 22 heavy (non-hydrogen) atoms. The number of aryl methyl sites for hydroxylation is 1. The number of aromatic nitrogens is 1. The van der Waals surface area contributed by atoms with Gasteiger partial charge in [-0.15, -0.1) is 0 Å². The Morgan fingerprint density at radius 1 is 0.955 bits per heavy atom. The van der Waals surface area contributed by atoms with Crippen LogP contribution < -0.4 is 0 Å². The van der Waals surface area contributed by atoms with Crippen LogP contribution in [-0.4, -0.2) is 16.8 Å². The van der Waals surface area contributed by atoms with Crippen LogP contribution in [0.1, 0.15) is 16.8 Å². The van der Waals surface area contributed by atoms with Crippen molar-refractivity contribution in [1.82, 2.24) is 4.57 Å². The topological polar surface area (TPSA) is 17.3 Å². The Hall–Kier alpha value is -2.61. The van der Waals surface area contributed by atoms with Crippen molar-refractivity contribution in [3.8, 4) is 0 Å². The summed E-state index contributed by atoms with van der Waals surface area (Å²) in [7, 11) is 2.14. The molecule has 0 fully saturated rings. The number of rotatable bonds is 2.